The summed E-state index contributed by atoms with van der Waals surface area (Å²) in [4.78, 5) is 0.185. The number of aliphatic hydroxyl groups is 1. The van der Waals surface area contributed by atoms with Crippen LogP contribution in [0.25, 0.3) is 0 Å². The molecule has 0 amide bonds. The Morgan fingerprint density at radius 3 is 2.67 bits per heavy atom. The Balaban J connectivity index is 2.19. The summed E-state index contributed by atoms with van der Waals surface area (Å²) in [6, 6.07) is 1.34. The molecule has 7 heteroatoms. The number of rotatable bonds is 6. The van der Waals surface area contributed by atoms with Crippen LogP contribution in [0.2, 0.25) is 0 Å². The zero-order chi connectivity index (χ0) is 15.6. The van der Waals surface area contributed by atoms with Gasteiger partial charge in [0.25, 0.3) is 0 Å². The van der Waals surface area contributed by atoms with Crippen LogP contribution < -0.4 is 4.72 Å². The highest BCUT2D eigenvalue weighted by molar-refractivity contribution is 7.89. The SMILES string of the molecule is CC(NS(=O)(=O)c1cc(CO)n(C(C)C)c1)C1CCCO1. The molecule has 1 aliphatic heterocycles. The van der Waals surface area contributed by atoms with Crippen molar-refractivity contribution in [2.45, 2.75) is 63.3 Å². The van der Waals surface area contributed by atoms with Crippen molar-refractivity contribution in [1.29, 1.82) is 0 Å². The first kappa shape index (κ1) is 16.5. The predicted octanol–water partition coefficient (Wildman–Crippen LogP) is 1.41. The van der Waals surface area contributed by atoms with Gasteiger partial charge in [0, 0.05) is 30.6 Å². The lowest BCUT2D eigenvalue weighted by Crippen LogP contribution is -2.40. The van der Waals surface area contributed by atoms with Crippen molar-refractivity contribution in [3.63, 3.8) is 0 Å². The molecular weight excluding hydrogens is 292 g/mol. The molecule has 6 nitrogen and oxygen atoms in total. The van der Waals surface area contributed by atoms with Crippen LogP contribution >= 0.6 is 0 Å². The minimum absolute atomic E-state index is 0.0655. The van der Waals surface area contributed by atoms with Crippen molar-refractivity contribution < 1.29 is 18.3 Å². The maximum Gasteiger partial charge on any atom is 0.242 e. The van der Waals surface area contributed by atoms with Gasteiger partial charge in [-0.25, -0.2) is 13.1 Å². The predicted molar refractivity (Wildman–Crippen MR) is 79.5 cm³/mol. The Labute approximate surface area is 126 Å². The quantitative estimate of drug-likeness (QED) is 0.831. The smallest absolute Gasteiger partial charge is 0.242 e. The highest BCUT2D eigenvalue weighted by Crippen LogP contribution is 2.21. The van der Waals surface area contributed by atoms with E-state index in [0.717, 1.165) is 12.8 Å². The second-order valence-electron chi connectivity index (χ2n) is 5.79. The molecule has 1 aliphatic rings. The molecule has 2 atom stereocenters. The Kier molecular flexibility index (Phi) is 5.08. The van der Waals surface area contributed by atoms with E-state index in [0.29, 0.717) is 12.3 Å². The van der Waals surface area contributed by atoms with Crippen LogP contribution in [0.3, 0.4) is 0 Å². The van der Waals surface area contributed by atoms with E-state index >= 15 is 0 Å². The Morgan fingerprint density at radius 2 is 2.19 bits per heavy atom. The van der Waals surface area contributed by atoms with Gasteiger partial charge in [-0.05, 0) is 39.7 Å². The number of aromatic nitrogens is 1. The topological polar surface area (TPSA) is 80.6 Å². The zero-order valence-electron chi connectivity index (χ0n) is 12.7. The molecule has 2 N–H and O–H groups in total. The van der Waals surface area contributed by atoms with E-state index in [9.17, 15) is 13.5 Å². The Morgan fingerprint density at radius 1 is 1.48 bits per heavy atom. The van der Waals surface area contributed by atoms with Crippen LogP contribution in [0, 0.1) is 0 Å². The summed E-state index contributed by atoms with van der Waals surface area (Å²) in [6.07, 6.45) is 3.35. The van der Waals surface area contributed by atoms with Gasteiger partial charge in [-0.3, -0.25) is 0 Å². The highest BCUT2D eigenvalue weighted by atomic mass is 32.2. The summed E-state index contributed by atoms with van der Waals surface area (Å²) in [7, 11) is -3.60. The lowest BCUT2D eigenvalue weighted by molar-refractivity contribution is 0.0902. The molecule has 1 aromatic heterocycles. The molecule has 1 fully saturated rings. The number of nitrogens with zero attached hydrogens (tertiary/aromatic N) is 1. The van der Waals surface area contributed by atoms with Gasteiger partial charge in [-0.2, -0.15) is 0 Å². The molecule has 2 rings (SSSR count). The zero-order valence-corrected chi connectivity index (χ0v) is 13.6. The normalized spacial score (nSPS) is 21.1. The third-order valence-corrected chi connectivity index (χ3v) is 5.33. The molecule has 0 aromatic carbocycles. The third-order valence-electron chi connectivity index (χ3n) is 3.80. The molecule has 0 radical (unpaired) electrons. The molecule has 21 heavy (non-hydrogen) atoms. The summed E-state index contributed by atoms with van der Waals surface area (Å²) in [5, 5.41) is 9.34. The molecule has 2 unspecified atom stereocenters. The number of hydrogen-bond acceptors (Lipinski definition) is 4. The fourth-order valence-corrected chi connectivity index (χ4v) is 3.96. The molecule has 1 aromatic rings. The van der Waals surface area contributed by atoms with Crippen LogP contribution in [0.1, 0.15) is 45.3 Å². The maximum absolute atomic E-state index is 12.4. The van der Waals surface area contributed by atoms with Gasteiger partial charge in [0.1, 0.15) is 0 Å². The molecule has 1 saturated heterocycles. The number of nitrogens with one attached hydrogen (secondary N) is 1. The van der Waals surface area contributed by atoms with Gasteiger partial charge in [0.2, 0.25) is 10.0 Å². The molecule has 0 saturated carbocycles. The van der Waals surface area contributed by atoms with E-state index in [4.69, 9.17) is 4.74 Å². The lowest BCUT2D eigenvalue weighted by Gasteiger charge is -2.19. The van der Waals surface area contributed by atoms with Gasteiger partial charge in [0.05, 0.1) is 17.6 Å². The first-order chi connectivity index (χ1) is 9.85. The average Bonchev–Trinajstić information content (AvgIpc) is 3.07. The number of aliphatic hydroxyl groups excluding tert-OH is 1. The fraction of sp³-hybridized carbons (Fsp3) is 0.714. The second kappa shape index (κ2) is 6.48. The molecule has 0 bridgehead atoms. The minimum Gasteiger partial charge on any atom is -0.390 e. The van der Waals surface area contributed by atoms with E-state index in [1.807, 2.05) is 20.8 Å². The van der Waals surface area contributed by atoms with E-state index in [1.165, 1.54) is 6.07 Å². The monoisotopic (exact) mass is 316 g/mol. The summed E-state index contributed by atoms with van der Waals surface area (Å²) in [5.41, 5.74) is 0.593. The molecular formula is C14H24N2O4S. The Bertz CT molecular complexity index is 574. The van der Waals surface area contributed by atoms with Crippen LogP contribution in [-0.4, -0.2) is 36.8 Å². The van der Waals surface area contributed by atoms with Crippen LogP contribution in [0.5, 0.6) is 0 Å². The van der Waals surface area contributed by atoms with Crippen LogP contribution in [0.4, 0.5) is 0 Å². The maximum atomic E-state index is 12.4. The molecule has 0 aliphatic carbocycles. The first-order valence-electron chi connectivity index (χ1n) is 7.30. The van der Waals surface area contributed by atoms with Gasteiger partial charge >= 0.3 is 0 Å². The summed E-state index contributed by atoms with van der Waals surface area (Å²) in [6.45, 7) is 6.21. The van der Waals surface area contributed by atoms with Crippen molar-refractivity contribution in [2.24, 2.45) is 0 Å². The van der Waals surface area contributed by atoms with E-state index in [-0.39, 0.29) is 29.7 Å². The van der Waals surface area contributed by atoms with Crippen LogP contribution in [-0.2, 0) is 21.4 Å². The van der Waals surface area contributed by atoms with Crippen molar-refractivity contribution in [3.8, 4) is 0 Å². The van der Waals surface area contributed by atoms with Crippen molar-refractivity contribution in [3.05, 3.63) is 18.0 Å². The number of hydrogen-bond donors (Lipinski definition) is 2. The van der Waals surface area contributed by atoms with E-state index in [1.54, 1.807) is 10.8 Å². The van der Waals surface area contributed by atoms with E-state index < -0.39 is 10.0 Å². The first-order valence-corrected chi connectivity index (χ1v) is 8.79. The average molecular weight is 316 g/mol. The van der Waals surface area contributed by atoms with Crippen molar-refractivity contribution in [1.82, 2.24) is 9.29 Å². The third kappa shape index (κ3) is 3.66. The summed E-state index contributed by atoms with van der Waals surface area (Å²) >= 11 is 0. The summed E-state index contributed by atoms with van der Waals surface area (Å²) < 4.78 is 34.8. The Hall–Kier alpha value is -0.890. The number of ether oxygens (including phenoxy) is 1. The molecule has 0 spiro atoms. The van der Waals surface area contributed by atoms with Gasteiger partial charge in [-0.15, -0.1) is 0 Å². The fourth-order valence-electron chi connectivity index (χ4n) is 2.64. The molecule has 2 heterocycles. The van der Waals surface area contributed by atoms with Crippen LogP contribution in [0.15, 0.2) is 17.2 Å². The lowest BCUT2D eigenvalue weighted by atomic mass is 10.1. The minimum atomic E-state index is -3.60. The van der Waals surface area contributed by atoms with Gasteiger partial charge in [-0.1, -0.05) is 0 Å². The van der Waals surface area contributed by atoms with Gasteiger partial charge in [0.15, 0.2) is 0 Å². The van der Waals surface area contributed by atoms with Gasteiger partial charge < -0.3 is 14.4 Å². The molecule has 120 valence electrons. The summed E-state index contributed by atoms with van der Waals surface area (Å²) in [5.74, 6) is 0. The standard InChI is InChI=1S/C14H24N2O4S/c1-10(2)16-8-13(7-12(16)9-17)21(18,19)15-11(3)14-5-4-6-20-14/h7-8,10-11,14-15,17H,4-6,9H2,1-3H3. The second-order valence-corrected chi connectivity index (χ2v) is 7.50. The van der Waals surface area contributed by atoms with E-state index in [2.05, 4.69) is 4.72 Å². The van der Waals surface area contributed by atoms with Crippen molar-refractivity contribution in [2.75, 3.05) is 6.61 Å². The van der Waals surface area contributed by atoms with Crippen molar-refractivity contribution >= 4 is 10.0 Å². The highest BCUT2D eigenvalue weighted by Gasteiger charge is 2.28. The largest absolute Gasteiger partial charge is 0.390 e. The number of sulfonamides is 1.